The van der Waals surface area contributed by atoms with Crippen molar-refractivity contribution in [1.82, 2.24) is 0 Å². The summed E-state index contributed by atoms with van der Waals surface area (Å²) in [7, 11) is -2.96. The van der Waals surface area contributed by atoms with Crippen molar-refractivity contribution in [3.05, 3.63) is 223 Å². The molecule has 10 aromatic rings. The van der Waals surface area contributed by atoms with E-state index < -0.39 is 8.07 Å². The second-order valence-corrected chi connectivity index (χ2v) is 27.2. The van der Waals surface area contributed by atoms with Gasteiger partial charge in [-0.3, -0.25) is 0 Å². The summed E-state index contributed by atoms with van der Waals surface area (Å²) in [6.45, 7) is 16.4. The zero-order chi connectivity index (χ0) is 49.6. The molecule has 0 unspecified atom stereocenters. The van der Waals surface area contributed by atoms with Gasteiger partial charge in [-0.25, -0.2) is 0 Å². The summed E-state index contributed by atoms with van der Waals surface area (Å²) in [4.78, 5) is 5.35. The number of benzene rings is 9. The van der Waals surface area contributed by atoms with E-state index in [4.69, 9.17) is 4.42 Å². The van der Waals surface area contributed by atoms with Crippen LogP contribution in [0.4, 0.5) is 28.4 Å². The number of rotatable bonds is 5. The number of nitrogens with zero attached hydrogens (tertiary/aromatic N) is 2. The average Bonchev–Trinajstić information content (AvgIpc) is 3.79. The van der Waals surface area contributed by atoms with Crippen LogP contribution in [0.2, 0.25) is 0 Å². The topological polar surface area (TPSA) is 19.6 Å². The summed E-state index contributed by atoms with van der Waals surface area (Å²) in [6, 6.07) is 78.7. The fourth-order valence-electron chi connectivity index (χ4n) is 13.5. The Morgan fingerprint density at radius 3 is 1.73 bits per heavy atom. The first-order valence-electron chi connectivity index (χ1n) is 26.3. The molecule has 4 aliphatic rings. The Labute approximate surface area is 431 Å². The van der Waals surface area contributed by atoms with E-state index in [0.717, 1.165) is 40.8 Å². The maximum Gasteiger partial charge on any atom is 0.375 e. The Balaban J connectivity index is 1.17. The minimum atomic E-state index is -2.96. The van der Waals surface area contributed by atoms with Gasteiger partial charge in [0.05, 0.1) is 11.4 Å². The molecule has 14 rings (SSSR count). The molecule has 0 fully saturated rings. The minimum absolute atomic E-state index is 0.00331. The van der Waals surface area contributed by atoms with Crippen molar-refractivity contribution in [2.45, 2.75) is 77.6 Å². The first-order chi connectivity index (χ1) is 35.3. The van der Waals surface area contributed by atoms with Crippen molar-refractivity contribution < 1.29 is 4.42 Å². The smallest absolute Gasteiger partial charge is 0.375 e. The van der Waals surface area contributed by atoms with Crippen LogP contribution in [0.15, 0.2) is 211 Å². The molecule has 4 heterocycles. The molecule has 354 valence electrons. The lowest BCUT2D eigenvalue weighted by atomic mass is 9.45. The summed E-state index contributed by atoms with van der Waals surface area (Å²) >= 11 is 0. The van der Waals surface area contributed by atoms with Crippen molar-refractivity contribution >= 4 is 86.2 Å². The van der Waals surface area contributed by atoms with Crippen molar-refractivity contribution in [3.63, 3.8) is 0 Å². The standard InChI is InChI=1S/C68H59BN2OSi/c1-66(2,3)47-35-36-56(51(41-47)45-25-14-9-15-26-45)70-58-40-46(44-23-12-8-13-24-44)39-52-50-31-22-34-61-63(50)71(57-32-20-21-33-60(57)73(61,48-27-16-10-17-28-48)49-29-18-11-19-30-49)69(62(52)58)65-64(70)53-42-54-55(43-59(53)72-65)68(6,7)38-37-67(54,4)5/h8-36,39-43H,37-38H2,1-7H3. The number of hydrogen-bond acceptors (Lipinski definition) is 3. The van der Waals surface area contributed by atoms with E-state index in [1.54, 1.807) is 0 Å². The third kappa shape index (κ3) is 6.31. The Bertz CT molecular complexity index is 3810. The van der Waals surface area contributed by atoms with E-state index in [1.807, 2.05) is 0 Å². The fourth-order valence-corrected chi connectivity index (χ4v) is 18.7. The highest BCUT2D eigenvalue weighted by Gasteiger charge is 2.56. The zero-order valence-corrected chi connectivity index (χ0v) is 43.9. The van der Waals surface area contributed by atoms with Crippen LogP contribution in [0, 0.1) is 0 Å². The van der Waals surface area contributed by atoms with Gasteiger partial charge in [0.1, 0.15) is 11.2 Å². The van der Waals surface area contributed by atoms with Crippen LogP contribution in [0.1, 0.15) is 78.0 Å². The molecule has 5 heteroatoms. The van der Waals surface area contributed by atoms with Crippen LogP contribution < -0.4 is 41.6 Å². The van der Waals surface area contributed by atoms with Gasteiger partial charge in [0.2, 0.25) is 0 Å². The third-order valence-corrected chi connectivity index (χ3v) is 22.2. The highest BCUT2D eigenvalue weighted by atomic mass is 28.3. The molecule has 0 spiro atoms. The van der Waals surface area contributed by atoms with Gasteiger partial charge in [-0.2, -0.15) is 0 Å². The molecule has 0 atom stereocenters. The van der Waals surface area contributed by atoms with Crippen molar-refractivity contribution in [2.75, 3.05) is 9.71 Å². The summed E-state index contributed by atoms with van der Waals surface area (Å²) in [5.41, 5.74) is 20.5. The van der Waals surface area contributed by atoms with Gasteiger partial charge in [-0.15, -0.1) is 0 Å². The molecule has 3 aliphatic heterocycles. The molecular weight excluding hydrogens is 900 g/mol. The van der Waals surface area contributed by atoms with Crippen LogP contribution in [-0.4, -0.2) is 14.9 Å². The normalized spacial score (nSPS) is 16.3. The molecule has 0 N–H and O–H groups in total. The Morgan fingerprint density at radius 1 is 0.479 bits per heavy atom. The van der Waals surface area contributed by atoms with Crippen molar-refractivity contribution in [2.24, 2.45) is 0 Å². The highest BCUT2D eigenvalue weighted by molar-refractivity contribution is 7.22. The summed E-state index contributed by atoms with van der Waals surface area (Å²) in [6.07, 6.45) is 2.26. The Morgan fingerprint density at radius 2 is 1.07 bits per heavy atom. The quantitative estimate of drug-likeness (QED) is 0.160. The van der Waals surface area contributed by atoms with Gasteiger partial charge in [0, 0.05) is 33.6 Å². The van der Waals surface area contributed by atoms with Crippen molar-refractivity contribution in [1.29, 1.82) is 0 Å². The van der Waals surface area contributed by atoms with Gasteiger partial charge in [0.25, 0.3) is 0 Å². The highest BCUT2D eigenvalue weighted by Crippen LogP contribution is 2.54. The van der Waals surface area contributed by atoms with E-state index >= 15 is 0 Å². The Kier molecular flexibility index (Phi) is 9.49. The van der Waals surface area contributed by atoms with Gasteiger partial charge in [-0.05, 0) is 137 Å². The number of anilines is 5. The van der Waals surface area contributed by atoms with Crippen LogP contribution in [-0.2, 0) is 16.2 Å². The molecule has 3 nitrogen and oxygen atoms in total. The molecule has 9 aromatic carbocycles. The van der Waals surface area contributed by atoms with Crippen LogP contribution in [0.25, 0.3) is 44.3 Å². The monoisotopic (exact) mass is 958 g/mol. The molecule has 0 saturated heterocycles. The van der Waals surface area contributed by atoms with Crippen molar-refractivity contribution in [3.8, 4) is 33.4 Å². The zero-order valence-electron chi connectivity index (χ0n) is 42.9. The largest absolute Gasteiger partial charge is 0.466 e. The first-order valence-corrected chi connectivity index (χ1v) is 28.3. The molecule has 0 bridgehead atoms. The fraction of sp³-hybridized carbons (Fsp3) is 0.176. The molecule has 0 amide bonds. The van der Waals surface area contributed by atoms with E-state index in [9.17, 15) is 0 Å². The number of furan rings is 1. The second kappa shape index (κ2) is 15.7. The van der Waals surface area contributed by atoms with Crippen LogP contribution >= 0.6 is 0 Å². The average molecular weight is 959 g/mol. The summed E-state index contributed by atoms with van der Waals surface area (Å²) in [5, 5.41) is 6.73. The van der Waals surface area contributed by atoms with E-state index in [-0.39, 0.29) is 23.1 Å². The first kappa shape index (κ1) is 44.1. The molecular formula is C68H59BN2OSi. The molecule has 0 radical (unpaired) electrons. The number of fused-ring (bicyclic) bond motifs is 9. The Hall–Kier alpha value is -7.60. The van der Waals surface area contributed by atoms with Crippen LogP contribution in [0.5, 0.6) is 0 Å². The lowest BCUT2D eigenvalue weighted by Crippen LogP contribution is -2.79. The lowest BCUT2D eigenvalue weighted by molar-refractivity contribution is 0.332. The second-order valence-electron chi connectivity index (χ2n) is 23.5. The van der Waals surface area contributed by atoms with E-state index in [1.165, 1.54) is 93.3 Å². The molecule has 0 saturated carbocycles. The number of para-hydroxylation sites is 2. The summed E-state index contributed by atoms with van der Waals surface area (Å²) in [5.74, 6) is 0. The summed E-state index contributed by atoms with van der Waals surface area (Å²) < 4.78 is 7.83. The van der Waals surface area contributed by atoms with E-state index in [2.05, 4.69) is 264 Å². The SMILES string of the molecule is CC(C)(C)c1ccc(N2c3cc(-c4ccccc4)cc4c3B(c3oc5cc6c(cc5c32)C(C)(C)CCC6(C)C)N2c3ccccc3[Si](c3ccccc3)(c3ccccc3)c3cccc-4c32)c(-c2ccccc2)c1. The molecule has 1 aliphatic carbocycles. The third-order valence-electron chi connectivity index (χ3n) is 17.3. The predicted molar refractivity (Wildman–Crippen MR) is 312 cm³/mol. The van der Waals surface area contributed by atoms with Crippen LogP contribution in [0.3, 0.4) is 0 Å². The predicted octanol–water partition coefficient (Wildman–Crippen LogP) is 13.8. The molecule has 73 heavy (non-hydrogen) atoms. The van der Waals surface area contributed by atoms with E-state index in [0.29, 0.717) is 0 Å². The van der Waals surface area contributed by atoms with Gasteiger partial charge >= 0.3 is 6.85 Å². The minimum Gasteiger partial charge on any atom is -0.466 e. The van der Waals surface area contributed by atoms with Gasteiger partial charge < -0.3 is 14.1 Å². The lowest BCUT2D eigenvalue weighted by Gasteiger charge is -2.51. The maximum absolute atomic E-state index is 7.83. The molecule has 1 aromatic heterocycles. The van der Waals surface area contributed by atoms with Gasteiger partial charge in [0.15, 0.2) is 8.07 Å². The maximum atomic E-state index is 7.83. The van der Waals surface area contributed by atoms with Gasteiger partial charge in [-0.1, -0.05) is 212 Å². The number of hydrogen-bond donors (Lipinski definition) is 0.